The van der Waals surface area contributed by atoms with Gasteiger partial charge in [-0.25, -0.2) is 5.43 Å². The highest BCUT2D eigenvalue weighted by Crippen LogP contribution is 2.37. The number of benzene rings is 3. The first-order chi connectivity index (χ1) is 15.5. The molecule has 3 aromatic rings. The lowest BCUT2D eigenvalue weighted by atomic mass is 10.2. The van der Waals surface area contributed by atoms with Gasteiger partial charge in [-0.3, -0.25) is 4.79 Å². The van der Waals surface area contributed by atoms with Crippen LogP contribution >= 0.6 is 50.1 Å². The molecule has 9 heteroatoms. The first-order valence-corrected chi connectivity index (χ1v) is 11.8. The lowest BCUT2D eigenvalue weighted by Crippen LogP contribution is -2.25. The van der Waals surface area contributed by atoms with Crippen molar-refractivity contribution in [2.24, 2.45) is 5.10 Å². The van der Waals surface area contributed by atoms with E-state index in [-0.39, 0.29) is 12.5 Å². The van der Waals surface area contributed by atoms with Crippen LogP contribution in [0.5, 0.6) is 11.5 Å². The number of hydrogen-bond donors (Lipinski definition) is 2. The summed E-state index contributed by atoms with van der Waals surface area (Å²) in [6.07, 6.45) is 1.54. The third-order valence-corrected chi connectivity index (χ3v) is 5.96. The van der Waals surface area contributed by atoms with E-state index in [2.05, 4.69) is 54.4 Å². The Morgan fingerprint density at radius 3 is 2.66 bits per heavy atom. The second-order valence-electron chi connectivity index (χ2n) is 6.57. The fraction of sp³-hybridized carbons (Fsp3) is 0.130. The molecule has 3 aromatic carbocycles. The average molecular weight is 629 g/mol. The number of anilines is 1. The summed E-state index contributed by atoms with van der Waals surface area (Å²) in [6.45, 7) is 0.408. The first kappa shape index (κ1) is 24.3. The van der Waals surface area contributed by atoms with Crippen LogP contribution in [-0.2, 0) is 11.4 Å². The van der Waals surface area contributed by atoms with Gasteiger partial charge >= 0.3 is 0 Å². The Bertz CT molecular complexity index is 1110. The smallest absolute Gasteiger partial charge is 0.259 e. The highest BCUT2D eigenvalue weighted by Gasteiger charge is 2.12. The van der Waals surface area contributed by atoms with Crippen molar-refractivity contribution >= 4 is 67.9 Å². The van der Waals surface area contributed by atoms with E-state index in [0.29, 0.717) is 27.6 Å². The van der Waals surface area contributed by atoms with Crippen molar-refractivity contribution in [3.63, 3.8) is 0 Å². The van der Waals surface area contributed by atoms with Crippen molar-refractivity contribution in [2.45, 2.75) is 6.61 Å². The standard InChI is InChI=1S/C23H20BrClIN3O3/c1-31-21-11-15(10-19(24)23(21)32-14-16-4-2-3-5-20(16)25)12-28-29-22(30)13-27-18-8-6-17(26)7-9-18/h2-12,27H,13-14H2,1H3,(H,29,30)/b28-12-. The van der Waals surface area contributed by atoms with Crippen molar-refractivity contribution in [1.29, 1.82) is 0 Å². The molecule has 0 bridgehead atoms. The minimum atomic E-state index is -0.259. The van der Waals surface area contributed by atoms with Crippen molar-refractivity contribution in [2.75, 3.05) is 19.0 Å². The number of halogens is 3. The van der Waals surface area contributed by atoms with E-state index in [1.807, 2.05) is 54.6 Å². The quantitative estimate of drug-likeness (QED) is 0.177. The molecule has 3 rings (SSSR count). The highest BCUT2D eigenvalue weighted by atomic mass is 127. The van der Waals surface area contributed by atoms with Gasteiger partial charge < -0.3 is 14.8 Å². The lowest BCUT2D eigenvalue weighted by molar-refractivity contribution is -0.119. The van der Waals surface area contributed by atoms with Crippen LogP contribution < -0.4 is 20.2 Å². The molecule has 32 heavy (non-hydrogen) atoms. The van der Waals surface area contributed by atoms with Gasteiger partial charge in [0, 0.05) is 19.8 Å². The molecule has 0 aliphatic rings. The van der Waals surface area contributed by atoms with Crippen LogP contribution in [-0.4, -0.2) is 25.8 Å². The van der Waals surface area contributed by atoms with E-state index >= 15 is 0 Å². The normalized spacial score (nSPS) is 10.8. The van der Waals surface area contributed by atoms with E-state index < -0.39 is 0 Å². The summed E-state index contributed by atoms with van der Waals surface area (Å²) in [6, 6.07) is 18.8. The Morgan fingerprint density at radius 1 is 1.19 bits per heavy atom. The fourth-order valence-corrected chi connectivity index (χ4v) is 3.81. The SMILES string of the molecule is COc1cc(/C=N\NC(=O)CNc2ccc(I)cc2)cc(Br)c1OCc1ccccc1Cl. The monoisotopic (exact) mass is 627 g/mol. The van der Waals surface area contributed by atoms with Gasteiger partial charge in [0.15, 0.2) is 11.5 Å². The molecule has 0 aliphatic carbocycles. The number of nitrogens with one attached hydrogen (secondary N) is 2. The third-order valence-electron chi connectivity index (χ3n) is 4.28. The molecule has 166 valence electrons. The zero-order chi connectivity index (χ0) is 22.9. The second-order valence-corrected chi connectivity index (χ2v) is 9.07. The van der Waals surface area contributed by atoms with Gasteiger partial charge in [-0.2, -0.15) is 5.10 Å². The van der Waals surface area contributed by atoms with Gasteiger partial charge in [-0.15, -0.1) is 0 Å². The molecule has 0 heterocycles. The molecule has 0 saturated carbocycles. The molecular formula is C23H20BrClIN3O3. The third kappa shape index (κ3) is 7.11. The molecule has 6 nitrogen and oxygen atoms in total. The predicted octanol–water partition coefficient (Wildman–Crippen LogP) is 5.86. The Balaban J connectivity index is 1.58. The van der Waals surface area contributed by atoms with E-state index in [4.69, 9.17) is 21.1 Å². The molecule has 0 radical (unpaired) electrons. The summed E-state index contributed by atoms with van der Waals surface area (Å²) in [5, 5.41) is 7.70. The number of carbonyl (C=O) groups excluding carboxylic acids is 1. The predicted molar refractivity (Wildman–Crippen MR) is 140 cm³/mol. The zero-order valence-electron chi connectivity index (χ0n) is 17.1. The van der Waals surface area contributed by atoms with Crippen LogP contribution in [0.25, 0.3) is 0 Å². The number of carbonyl (C=O) groups is 1. The highest BCUT2D eigenvalue weighted by molar-refractivity contribution is 14.1. The summed E-state index contributed by atoms with van der Waals surface area (Å²) in [5.41, 5.74) is 4.97. The lowest BCUT2D eigenvalue weighted by Gasteiger charge is -2.14. The number of hydrazone groups is 1. The fourth-order valence-electron chi connectivity index (χ4n) is 2.69. The summed E-state index contributed by atoms with van der Waals surface area (Å²) in [7, 11) is 1.56. The molecular weight excluding hydrogens is 609 g/mol. The molecule has 1 amide bonds. The maximum absolute atomic E-state index is 12.0. The number of rotatable bonds is 9. The number of nitrogens with zero attached hydrogens (tertiary/aromatic N) is 1. The van der Waals surface area contributed by atoms with Crippen molar-refractivity contribution in [3.05, 3.63) is 84.9 Å². The summed E-state index contributed by atoms with van der Waals surface area (Å²) in [5.74, 6) is 0.820. The van der Waals surface area contributed by atoms with Crippen LogP contribution in [0.3, 0.4) is 0 Å². The molecule has 0 fully saturated rings. The minimum Gasteiger partial charge on any atom is -0.493 e. The van der Waals surface area contributed by atoms with Gasteiger partial charge in [-0.1, -0.05) is 29.8 Å². The van der Waals surface area contributed by atoms with Crippen LogP contribution in [0.15, 0.2) is 70.2 Å². The molecule has 0 atom stereocenters. The molecule has 0 spiro atoms. The van der Waals surface area contributed by atoms with Gasteiger partial charge in [0.25, 0.3) is 5.91 Å². The Hall–Kier alpha value is -2.30. The zero-order valence-corrected chi connectivity index (χ0v) is 21.6. The number of ether oxygens (including phenoxy) is 2. The van der Waals surface area contributed by atoms with Gasteiger partial charge in [0.2, 0.25) is 0 Å². The Morgan fingerprint density at radius 2 is 1.94 bits per heavy atom. The number of hydrogen-bond acceptors (Lipinski definition) is 5. The van der Waals surface area contributed by atoms with Crippen LogP contribution in [0.2, 0.25) is 5.02 Å². The molecule has 0 aliphatic heterocycles. The molecule has 0 aromatic heterocycles. The average Bonchev–Trinajstić information content (AvgIpc) is 2.78. The van der Waals surface area contributed by atoms with Gasteiger partial charge in [0.05, 0.1) is 24.3 Å². The van der Waals surface area contributed by atoms with E-state index in [0.717, 1.165) is 20.4 Å². The van der Waals surface area contributed by atoms with E-state index in [1.54, 1.807) is 13.2 Å². The summed E-state index contributed by atoms with van der Waals surface area (Å²) >= 11 is 11.9. The van der Waals surface area contributed by atoms with Gasteiger partial charge in [0.1, 0.15) is 6.61 Å². The Kier molecular flexibility index (Phi) is 9.19. The van der Waals surface area contributed by atoms with E-state index in [9.17, 15) is 4.79 Å². The maximum Gasteiger partial charge on any atom is 0.259 e. The summed E-state index contributed by atoms with van der Waals surface area (Å²) < 4.78 is 13.2. The van der Waals surface area contributed by atoms with E-state index in [1.165, 1.54) is 6.21 Å². The first-order valence-electron chi connectivity index (χ1n) is 9.51. The Labute approximate surface area is 213 Å². The largest absolute Gasteiger partial charge is 0.493 e. The van der Waals surface area contributed by atoms with Crippen molar-refractivity contribution < 1.29 is 14.3 Å². The van der Waals surface area contributed by atoms with Gasteiger partial charge in [-0.05, 0) is 86.5 Å². The number of methoxy groups -OCH3 is 1. The van der Waals surface area contributed by atoms with Crippen molar-refractivity contribution in [3.8, 4) is 11.5 Å². The number of amides is 1. The second kappa shape index (κ2) is 12.1. The van der Waals surface area contributed by atoms with Crippen LogP contribution in [0.4, 0.5) is 5.69 Å². The van der Waals surface area contributed by atoms with Crippen LogP contribution in [0, 0.1) is 3.57 Å². The molecule has 2 N–H and O–H groups in total. The van der Waals surface area contributed by atoms with Crippen molar-refractivity contribution in [1.82, 2.24) is 5.43 Å². The molecule has 0 saturated heterocycles. The topological polar surface area (TPSA) is 72.0 Å². The minimum absolute atomic E-state index is 0.111. The summed E-state index contributed by atoms with van der Waals surface area (Å²) in [4.78, 5) is 12.0. The maximum atomic E-state index is 12.0. The van der Waals surface area contributed by atoms with Crippen LogP contribution in [0.1, 0.15) is 11.1 Å². The molecule has 0 unspecified atom stereocenters.